The fourth-order valence-corrected chi connectivity index (χ4v) is 2.99. The molecule has 2 aliphatic heterocycles. The van der Waals surface area contributed by atoms with Crippen LogP contribution in [0.25, 0.3) is 0 Å². The Morgan fingerprint density at radius 2 is 1.53 bits per heavy atom. The smallest absolute Gasteiger partial charge is 0.0937 e. The molecule has 4 heteroatoms. The van der Waals surface area contributed by atoms with Crippen LogP contribution in [0.2, 0.25) is 0 Å². The standard InChI is InChI=1S/C13H26N4/c14-13(15)12-4-10-17(11-5-12)9-3-8-16-6-1-2-7-16/h12H,1-11H2,(H3,14,15). The summed E-state index contributed by atoms with van der Waals surface area (Å²) in [7, 11) is 0. The molecule has 0 atom stereocenters. The van der Waals surface area contributed by atoms with Crippen molar-refractivity contribution >= 4 is 5.84 Å². The van der Waals surface area contributed by atoms with Crippen molar-refractivity contribution in [2.24, 2.45) is 11.7 Å². The minimum Gasteiger partial charge on any atom is -0.387 e. The summed E-state index contributed by atoms with van der Waals surface area (Å²) in [5.41, 5.74) is 5.55. The van der Waals surface area contributed by atoms with Gasteiger partial charge in [0.05, 0.1) is 5.84 Å². The second-order valence-corrected chi connectivity index (χ2v) is 5.47. The lowest BCUT2D eigenvalue weighted by atomic mass is 9.96. The van der Waals surface area contributed by atoms with Crippen molar-refractivity contribution in [1.29, 1.82) is 5.41 Å². The van der Waals surface area contributed by atoms with Crippen molar-refractivity contribution in [1.82, 2.24) is 9.80 Å². The van der Waals surface area contributed by atoms with E-state index >= 15 is 0 Å². The van der Waals surface area contributed by atoms with Gasteiger partial charge in [-0.25, -0.2) is 0 Å². The molecule has 17 heavy (non-hydrogen) atoms. The van der Waals surface area contributed by atoms with Crippen molar-refractivity contribution in [3.63, 3.8) is 0 Å². The first-order chi connectivity index (χ1) is 8.25. The fourth-order valence-electron chi connectivity index (χ4n) is 2.99. The Balaban J connectivity index is 1.56. The minimum absolute atomic E-state index is 0.352. The molecule has 2 saturated heterocycles. The Morgan fingerprint density at radius 3 is 2.06 bits per heavy atom. The third-order valence-electron chi connectivity index (χ3n) is 4.17. The molecular weight excluding hydrogens is 212 g/mol. The maximum absolute atomic E-state index is 7.46. The van der Waals surface area contributed by atoms with Gasteiger partial charge in [0.2, 0.25) is 0 Å². The molecule has 0 unspecified atom stereocenters. The van der Waals surface area contributed by atoms with Crippen LogP contribution < -0.4 is 5.73 Å². The van der Waals surface area contributed by atoms with Crippen molar-refractivity contribution in [3.8, 4) is 0 Å². The molecule has 2 fully saturated rings. The highest BCUT2D eigenvalue weighted by molar-refractivity contribution is 5.79. The average Bonchev–Trinajstić information content (AvgIpc) is 2.83. The van der Waals surface area contributed by atoms with Gasteiger partial charge in [-0.15, -0.1) is 0 Å². The first kappa shape index (κ1) is 12.8. The fraction of sp³-hybridized carbons (Fsp3) is 0.923. The normalized spacial score (nSPS) is 24.2. The molecule has 2 heterocycles. The summed E-state index contributed by atoms with van der Waals surface area (Å²) in [6.45, 7) is 7.38. The van der Waals surface area contributed by atoms with E-state index in [1.54, 1.807) is 0 Å². The molecule has 2 rings (SSSR count). The van der Waals surface area contributed by atoms with E-state index < -0.39 is 0 Å². The summed E-state index contributed by atoms with van der Waals surface area (Å²) in [6.07, 6.45) is 6.25. The van der Waals surface area contributed by atoms with E-state index in [2.05, 4.69) is 9.80 Å². The molecule has 0 radical (unpaired) electrons. The third kappa shape index (κ3) is 3.96. The average molecular weight is 238 g/mol. The lowest BCUT2D eigenvalue weighted by Crippen LogP contribution is -2.39. The molecule has 2 aliphatic rings. The Hall–Kier alpha value is -0.610. The molecule has 0 spiro atoms. The molecule has 0 bridgehead atoms. The van der Waals surface area contributed by atoms with E-state index in [1.165, 1.54) is 45.4 Å². The quantitative estimate of drug-likeness (QED) is 0.557. The van der Waals surface area contributed by atoms with Crippen LogP contribution in [0, 0.1) is 11.3 Å². The maximum Gasteiger partial charge on any atom is 0.0937 e. The van der Waals surface area contributed by atoms with Crippen molar-refractivity contribution in [2.75, 3.05) is 39.3 Å². The molecular formula is C13H26N4. The highest BCUT2D eigenvalue weighted by atomic mass is 15.2. The number of likely N-dealkylation sites (tertiary alicyclic amines) is 2. The molecule has 0 aromatic carbocycles. The zero-order valence-electron chi connectivity index (χ0n) is 10.8. The molecule has 98 valence electrons. The SMILES string of the molecule is N=C(N)C1CCN(CCCN2CCCC2)CC1. The van der Waals surface area contributed by atoms with Gasteiger partial charge in [0.1, 0.15) is 0 Å². The Kier molecular flexibility index (Phi) is 4.80. The van der Waals surface area contributed by atoms with E-state index in [4.69, 9.17) is 11.1 Å². The van der Waals surface area contributed by atoms with E-state index in [9.17, 15) is 0 Å². The van der Waals surface area contributed by atoms with Crippen LogP contribution in [0.5, 0.6) is 0 Å². The van der Waals surface area contributed by atoms with Gasteiger partial charge >= 0.3 is 0 Å². The first-order valence-corrected chi connectivity index (χ1v) is 7.04. The molecule has 0 saturated carbocycles. The van der Waals surface area contributed by atoms with Gasteiger partial charge in [0.15, 0.2) is 0 Å². The van der Waals surface area contributed by atoms with Gasteiger partial charge in [0.25, 0.3) is 0 Å². The second-order valence-electron chi connectivity index (χ2n) is 5.47. The summed E-state index contributed by atoms with van der Waals surface area (Å²) in [4.78, 5) is 5.12. The van der Waals surface area contributed by atoms with Crippen molar-refractivity contribution in [2.45, 2.75) is 32.1 Å². The molecule has 0 amide bonds. The lowest BCUT2D eigenvalue weighted by molar-refractivity contribution is 0.195. The van der Waals surface area contributed by atoms with Crippen LogP contribution in [0.4, 0.5) is 0 Å². The number of rotatable bonds is 5. The highest BCUT2D eigenvalue weighted by Crippen LogP contribution is 2.17. The highest BCUT2D eigenvalue weighted by Gasteiger charge is 2.21. The predicted molar refractivity (Wildman–Crippen MR) is 71.4 cm³/mol. The van der Waals surface area contributed by atoms with Gasteiger partial charge in [-0.1, -0.05) is 0 Å². The number of nitrogens with one attached hydrogen (secondary N) is 1. The Labute approximate surface area is 105 Å². The van der Waals surface area contributed by atoms with E-state index in [1.807, 2.05) is 0 Å². The van der Waals surface area contributed by atoms with Gasteiger partial charge < -0.3 is 15.5 Å². The Morgan fingerprint density at radius 1 is 1.00 bits per heavy atom. The summed E-state index contributed by atoms with van der Waals surface area (Å²) in [5, 5.41) is 7.46. The second kappa shape index (κ2) is 6.36. The number of nitrogens with two attached hydrogens (primary N) is 1. The number of hydrogen-bond donors (Lipinski definition) is 2. The summed E-state index contributed by atoms with van der Waals surface area (Å²) >= 11 is 0. The molecule has 4 nitrogen and oxygen atoms in total. The topological polar surface area (TPSA) is 56.4 Å². The van der Waals surface area contributed by atoms with Gasteiger partial charge in [0, 0.05) is 5.92 Å². The van der Waals surface area contributed by atoms with Crippen molar-refractivity contribution in [3.05, 3.63) is 0 Å². The van der Waals surface area contributed by atoms with E-state index in [0.717, 1.165) is 25.9 Å². The van der Waals surface area contributed by atoms with Gasteiger partial charge in [-0.2, -0.15) is 0 Å². The first-order valence-electron chi connectivity index (χ1n) is 7.04. The summed E-state index contributed by atoms with van der Waals surface area (Å²) in [5.74, 6) is 0.742. The summed E-state index contributed by atoms with van der Waals surface area (Å²) in [6, 6.07) is 0. The zero-order chi connectivity index (χ0) is 12.1. The number of nitrogens with zero attached hydrogens (tertiary/aromatic N) is 2. The monoisotopic (exact) mass is 238 g/mol. The van der Waals surface area contributed by atoms with Crippen LogP contribution >= 0.6 is 0 Å². The zero-order valence-corrected chi connectivity index (χ0v) is 10.8. The van der Waals surface area contributed by atoms with Crippen LogP contribution in [0.1, 0.15) is 32.1 Å². The van der Waals surface area contributed by atoms with E-state index in [0.29, 0.717) is 11.8 Å². The molecule has 0 aromatic heterocycles. The minimum atomic E-state index is 0.352. The largest absolute Gasteiger partial charge is 0.387 e. The molecule has 0 aliphatic carbocycles. The molecule has 0 aromatic rings. The predicted octanol–water partition coefficient (Wildman–Crippen LogP) is 1.12. The third-order valence-corrected chi connectivity index (χ3v) is 4.17. The van der Waals surface area contributed by atoms with Gasteiger partial charge in [-0.3, -0.25) is 5.41 Å². The van der Waals surface area contributed by atoms with Crippen LogP contribution in [0.15, 0.2) is 0 Å². The number of amidine groups is 1. The van der Waals surface area contributed by atoms with Crippen molar-refractivity contribution < 1.29 is 0 Å². The maximum atomic E-state index is 7.46. The number of piperidine rings is 1. The van der Waals surface area contributed by atoms with Gasteiger partial charge in [-0.05, 0) is 71.4 Å². The number of hydrogen-bond acceptors (Lipinski definition) is 3. The van der Waals surface area contributed by atoms with Crippen LogP contribution in [-0.2, 0) is 0 Å². The van der Waals surface area contributed by atoms with Crippen LogP contribution in [-0.4, -0.2) is 54.9 Å². The summed E-state index contributed by atoms with van der Waals surface area (Å²) < 4.78 is 0. The lowest BCUT2D eigenvalue weighted by Gasteiger charge is -2.31. The van der Waals surface area contributed by atoms with E-state index in [-0.39, 0.29) is 0 Å². The molecule has 3 N–H and O–H groups in total. The van der Waals surface area contributed by atoms with Crippen LogP contribution in [0.3, 0.4) is 0 Å². The Bertz CT molecular complexity index is 240.